The van der Waals surface area contributed by atoms with Crippen LogP contribution >= 0.6 is 15.9 Å². The quantitative estimate of drug-likeness (QED) is 0.901. The van der Waals surface area contributed by atoms with Crippen LogP contribution in [0.2, 0.25) is 0 Å². The average Bonchev–Trinajstić information content (AvgIpc) is 2.48. The molecule has 4 heteroatoms. The highest BCUT2D eigenvalue weighted by Gasteiger charge is 2.11. The van der Waals surface area contributed by atoms with Gasteiger partial charge < -0.3 is 10.1 Å². The Morgan fingerprint density at radius 1 is 1.20 bits per heavy atom. The van der Waals surface area contributed by atoms with E-state index >= 15 is 0 Å². The molecule has 0 spiro atoms. The molecular weight excluding hydrogens is 316 g/mol. The van der Waals surface area contributed by atoms with Crippen LogP contribution in [0.1, 0.15) is 17.2 Å². The Labute approximate surface area is 127 Å². The minimum Gasteiger partial charge on any atom is -0.497 e. The summed E-state index contributed by atoms with van der Waals surface area (Å²) in [5.74, 6) is 0.794. The van der Waals surface area contributed by atoms with Crippen LogP contribution in [0.5, 0.6) is 5.75 Å². The molecule has 2 rings (SSSR count). The van der Waals surface area contributed by atoms with Gasteiger partial charge in [-0.15, -0.1) is 0 Å². The molecule has 2 aromatic rings. The van der Waals surface area contributed by atoms with Crippen molar-refractivity contribution in [3.05, 3.63) is 58.1 Å². The predicted molar refractivity (Wildman–Crippen MR) is 83.8 cm³/mol. The van der Waals surface area contributed by atoms with Crippen LogP contribution in [-0.4, -0.2) is 7.11 Å². The van der Waals surface area contributed by atoms with Crippen molar-refractivity contribution in [2.24, 2.45) is 0 Å². The molecule has 20 heavy (non-hydrogen) atoms. The maximum Gasteiger partial charge on any atom is 0.140 e. The lowest BCUT2D eigenvalue weighted by molar-refractivity contribution is 0.415. The van der Waals surface area contributed by atoms with Gasteiger partial charge in [0.1, 0.15) is 11.8 Å². The fourth-order valence-corrected chi connectivity index (χ4v) is 2.23. The Balaban J connectivity index is 2.19. The molecule has 3 nitrogen and oxygen atoms in total. The van der Waals surface area contributed by atoms with Crippen LogP contribution in [0.4, 0.5) is 5.69 Å². The molecule has 2 aromatic carbocycles. The summed E-state index contributed by atoms with van der Waals surface area (Å²) >= 11 is 3.49. The van der Waals surface area contributed by atoms with E-state index in [1.165, 1.54) is 0 Å². The van der Waals surface area contributed by atoms with Crippen molar-refractivity contribution in [1.29, 1.82) is 5.26 Å². The minimum absolute atomic E-state index is 0.389. The van der Waals surface area contributed by atoms with E-state index in [0.29, 0.717) is 0 Å². The number of nitrogens with one attached hydrogen (secondary N) is 1. The number of halogens is 1. The fraction of sp³-hybridized carbons (Fsp3) is 0.188. The van der Waals surface area contributed by atoms with E-state index in [-0.39, 0.29) is 6.04 Å². The number of hydrogen-bond donors (Lipinski definition) is 1. The van der Waals surface area contributed by atoms with Crippen LogP contribution in [0.25, 0.3) is 0 Å². The second-order valence-corrected chi connectivity index (χ2v) is 5.30. The third kappa shape index (κ3) is 3.31. The molecule has 0 aliphatic carbocycles. The molecule has 1 unspecified atom stereocenters. The van der Waals surface area contributed by atoms with E-state index < -0.39 is 0 Å². The molecular formula is C16H15BrN2O. The predicted octanol–water partition coefficient (Wildman–Crippen LogP) is 4.44. The summed E-state index contributed by atoms with van der Waals surface area (Å²) in [5, 5.41) is 12.6. The lowest BCUT2D eigenvalue weighted by atomic mass is 10.1. The van der Waals surface area contributed by atoms with Gasteiger partial charge in [-0.25, -0.2) is 0 Å². The molecule has 0 heterocycles. The largest absolute Gasteiger partial charge is 0.497 e. The van der Waals surface area contributed by atoms with Gasteiger partial charge in [0.15, 0.2) is 0 Å². The number of nitrogens with zero attached hydrogens (tertiary/aromatic N) is 1. The highest BCUT2D eigenvalue weighted by atomic mass is 79.9. The summed E-state index contributed by atoms with van der Waals surface area (Å²) in [4.78, 5) is 0. The zero-order valence-corrected chi connectivity index (χ0v) is 12.9. The van der Waals surface area contributed by atoms with Crippen molar-refractivity contribution in [3.8, 4) is 11.8 Å². The van der Waals surface area contributed by atoms with E-state index in [1.54, 1.807) is 7.11 Å². The molecule has 0 aromatic heterocycles. The summed E-state index contributed by atoms with van der Waals surface area (Å²) in [6.45, 7) is 2.02. The molecule has 0 amide bonds. The molecule has 0 bridgehead atoms. The van der Waals surface area contributed by atoms with Crippen molar-refractivity contribution in [2.45, 2.75) is 13.0 Å². The average molecular weight is 331 g/mol. The van der Waals surface area contributed by atoms with Crippen LogP contribution in [0, 0.1) is 18.3 Å². The molecule has 0 saturated carbocycles. The molecule has 1 atom stereocenters. The van der Waals surface area contributed by atoms with Crippen molar-refractivity contribution < 1.29 is 4.74 Å². The van der Waals surface area contributed by atoms with Gasteiger partial charge in [-0.3, -0.25) is 0 Å². The van der Waals surface area contributed by atoms with E-state index in [1.807, 2.05) is 49.4 Å². The first-order chi connectivity index (χ1) is 9.63. The summed E-state index contributed by atoms with van der Waals surface area (Å²) in [5.41, 5.74) is 2.96. The first-order valence-electron chi connectivity index (χ1n) is 6.20. The van der Waals surface area contributed by atoms with Gasteiger partial charge >= 0.3 is 0 Å². The Morgan fingerprint density at radius 3 is 2.45 bits per heavy atom. The van der Waals surface area contributed by atoms with Crippen molar-refractivity contribution in [2.75, 3.05) is 12.4 Å². The number of hydrogen-bond acceptors (Lipinski definition) is 3. The third-order valence-corrected chi connectivity index (χ3v) is 3.91. The topological polar surface area (TPSA) is 45.0 Å². The first kappa shape index (κ1) is 14.4. The normalized spacial score (nSPS) is 11.5. The SMILES string of the molecule is COc1ccc(NC(C#N)c2ccc(C)c(Br)c2)cc1. The van der Waals surface area contributed by atoms with Crippen LogP contribution in [0.3, 0.4) is 0 Å². The molecule has 0 saturated heterocycles. The summed E-state index contributed by atoms with van der Waals surface area (Å²) in [6.07, 6.45) is 0. The highest BCUT2D eigenvalue weighted by Crippen LogP contribution is 2.25. The summed E-state index contributed by atoms with van der Waals surface area (Å²) in [6, 6.07) is 15.3. The maximum absolute atomic E-state index is 9.35. The number of rotatable bonds is 4. The number of methoxy groups -OCH3 is 1. The maximum atomic E-state index is 9.35. The van der Waals surface area contributed by atoms with Gasteiger partial charge in [0.2, 0.25) is 0 Å². The number of ether oxygens (including phenoxy) is 1. The van der Waals surface area contributed by atoms with E-state index in [0.717, 1.165) is 27.0 Å². The number of benzene rings is 2. The Hall–Kier alpha value is -1.99. The second-order valence-electron chi connectivity index (χ2n) is 4.44. The summed E-state index contributed by atoms with van der Waals surface area (Å²) < 4.78 is 6.12. The zero-order valence-electron chi connectivity index (χ0n) is 11.4. The lowest BCUT2D eigenvalue weighted by Crippen LogP contribution is -2.08. The third-order valence-electron chi connectivity index (χ3n) is 3.06. The second kappa shape index (κ2) is 6.44. The molecule has 0 fully saturated rings. The minimum atomic E-state index is -0.389. The van der Waals surface area contributed by atoms with Crippen molar-refractivity contribution in [1.82, 2.24) is 0 Å². The van der Waals surface area contributed by atoms with Gasteiger partial charge in [0.05, 0.1) is 13.2 Å². The number of anilines is 1. The number of nitriles is 1. The van der Waals surface area contributed by atoms with Gasteiger partial charge in [0, 0.05) is 10.2 Å². The van der Waals surface area contributed by atoms with Gasteiger partial charge in [-0.1, -0.05) is 28.1 Å². The molecule has 1 N–H and O–H groups in total. The highest BCUT2D eigenvalue weighted by molar-refractivity contribution is 9.10. The number of aryl methyl sites for hydroxylation is 1. The van der Waals surface area contributed by atoms with Crippen LogP contribution in [-0.2, 0) is 0 Å². The zero-order chi connectivity index (χ0) is 14.5. The monoisotopic (exact) mass is 330 g/mol. The van der Waals surface area contributed by atoms with Crippen molar-refractivity contribution >= 4 is 21.6 Å². The fourth-order valence-electron chi connectivity index (χ4n) is 1.83. The molecule has 0 radical (unpaired) electrons. The molecule has 102 valence electrons. The first-order valence-corrected chi connectivity index (χ1v) is 6.99. The van der Waals surface area contributed by atoms with Gasteiger partial charge in [-0.2, -0.15) is 5.26 Å². The van der Waals surface area contributed by atoms with E-state index in [4.69, 9.17) is 4.74 Å². The lowest BCUT2D eigenvalue weighted by Gasteiger charge is -2.14. The van der Waals surface area contributed by atoms with Gasteiger partial charge in [0.25, 0.3) is 0 Å². The Bertz CT molecular complexity index is 632. The smallest absolute Gasteiger partial charge is 0.140 e. The standard InChI is InChI=1S/C16H15BrN2O/c1-11-3-4-12(9-15(11)17)16(10-18)19-13-5-7-14(20-2)8-6-13/h3-9,16,19H,1-2H3. The van der Waals surface area contributed by atoms with Gasteiger partial charge in [-0.05, 0) is 48.4 Å². The van der Waals surface area contributed by atoms with Crippen molar-refractivity contribution in [3.63, 3.8) is 0 Å². The Morgan fingerprint density at radius 2 is 1.90 bits per heavy atom. The van der Waals surface area contributed by atoms with Crippen LogP contribution < -0.4 is 10.1 Å². The van der Waals surface area contributed by atoms with E-state index in [2.05, 4.69) is 27.3 Å². The molecule has 0 aliphatic heterocycles. The Kier molecular flexibility index (Phi) is 4.65. The summed E-state index contributed by atoms with van der Waals surface area (Å²) in [7, 11) is 1.63. The van der Waals surface area contributed by atoms with E-state index in [9.17, 15) is 5.26 Å². The van der Waals surface area contributed by atoms with Crippen LogP contribution in [0.15, 0.2) is 46.9 Å². The molecule has 0 aliphatic rings.